The third-order valence-electron chi connectivity index (χ3n) is 0.688. The maximum absolute atomic E-state index is 10.3. The van der Waals surface area contributed by atoms with Crippen LogP contribution in [0, 0.1) is 0 Å². The molecule has 1 aliphatic heterocycles. The van der Waals surface area contributed by atoms with E-state index in [0.717, 1.165) is 0 Å². The fourth-order valence-corrected chi connectivity index (χ4v) is 0.807. The van der Waals surface area contributed by atoms with Gasteiger partial charge in [0.05, 0.1) is 13.2 Å². The SMILES string of the molecule is O=S1OCC=CCO1. The topological polar surface area (TPSA) is 35.5 Å². The third kappa shape index (κ3) is 1.73. The van der Waals surface area contributed by atoms with Gasteiger partial charge in [0.2, 0.25) is 0 Å². The van der Waals surface area contributed by atoms with Crippen LogP contribution >= 0.6 is 0 Å². The molecule has 1 heterocycles. The van der Waals surface area contributed by atoms with Crippen LogP contribution in [0.5, 0.6) is 0 Å². The van der Waals surface area contributed by atoms with Crippen molar-refractivity contribution in [3.8, 4) is 0 Å². The van der Waals surface area contributed by atoms with Gasteiger partial charge in [-0.05, 0) is 0 Å². The average molecular weight is 134 g/mol. The number of hydrogen-bond acceptors (Lipinski definition) is 3. The van der Waals surface area contributed by atoms with Crippen molar-refractivity contribution < 1.29 is 12.6 Å². The van der Waals surface area contributed by atoms with Crippen LogP contribution in [0.2, 0.25) is 0 Å². The van der Waals surface area contributed by atoms with E-state index in [0.29, 0.717) is 13.2 Å². The monoisotopic (exact) mass is 134 g/mol. The second-order valence-corrected chi connectivity index (χ2v) is 2.12. The Morgan fingerprint density at radius 2 is 1.75 bits per heavy atom. The summed E-state index contributed by atoms with van der Waals surface area (Å²) in [6.07, 6.45) is 3.54. The molecular weight excluding hydrogens is 128 g/mol. The Labute approximate surface area is 50.2 Å². The summed E-state index contributed by atoms with van der Waals surface area (Å²) >= 11 is -1.52. The third-order valence-corrected chi connectivity index (χ3v) is 1.34. The molecule has 4 heteroatoms. The molecule has 0 atom stereocenters. The summed E-state index contributed by atoms with van der Waals surface area (Å²) in [4.78, 5) is 0. The smallest absolute Gasteiger partial charge is 0.264 e. The second kappa shape index (κ2) is 2.96. The molecule has 0 spiro atoms. The van der Waals surface area contributed by atoms with Gasteiger partial charge in [0.1, 0.15) is 0 Å². The van der Waals surface area contributed by atoms with Gasteiger partial charge in [0, 0.05) is 0 Å². The van der Waals surface area contributed by atoms with Crippen LogP contribution < -0.4 is 0 Å². The van der Waals surface area contributed by atoms with Crippen molar-refractivity contribution >= 4 is 11.4 Å². The van der Waals surface area contributed by atoms with E-state index < -0.39 is 11.4 Å². The van der Waals surface area contributed by atoms with Crippen LogP contribution in [-0.4, -0.2) is 17.4 Å². The Morgan fingerprint density at radius 3 is 2.25 bits per heavy atom. The van der Waals surface area contributed by atoms with Crippen molar-refractivity contribution in [1.29, 1.82) is 0 Å². The predicted octanol–water partition coefficient (Wildman–Crippen LogP) is 0.168. The molecular formula is C4H6O3S. The van der Waals surface area contributed by atoms with Gasteiger partial charge in [0.25, 0.3) is 0 Å². The van der Waals surface area contributed by atoms with Gasteiger partial charge in [-0.25, -0.2) is 0 Å². The minimum Gasteiger partial charge on any atom is -0.264 e. The summed E-state index contributed by atoms with van der Waals surface area (Å²) in [5.41, 5.74) is 0. The van der Waals surface area contributed by atoms with Crippen LogP contribution in [0.25, 0.3) is 0 Å². The normalized spacial score (nSPS) is 23.0. The molecule has 8 heavy (non-hydrogen) atoms. The van der Waals surface area contributed by atoms with Gasteiger partial charge in [-0.3, -0.25) is 8.37 Å². The average Bonchev–Trinajstić information content (AvgIpc) is 1.94. The Kier molecular flexibility index (Phi) is 2.20. The molecule has 0 aromatic carbocycles. The Morgan fingerprint density at radius 1 is 1.25 bits per heavy atom. The molecule has 0 fully saturated rings. The first-order valence-corrected chi connectivity index (χ1v) is 3.23. The van der Waals surface area contributed by atoms with E-state index in [-0.39, 0.29) is 0 Å². The first kappa shape index (κ1) is 5.94. The van der Waals surface area contributed by atoms with Crippen molar-refractivity contribution in [3.05, 3.63) is 12.2 Å². The van der Waals surface area contributed by atoms with Crippen LogP contribution in [0.1, 0.15) is 0 Å². The first-order valence-electron chi connectivity index (χ1n) is 2.23. The summed E-state index contributed by atoms with van der Waals surface area (Å²) in [5, 5.41) is 0. The van der Waals surface area contributed by atoms with E-state index >= 15 is 0 Å². The van der Waals surface area contributed by atoms with Crippen molar-refractivity contribution in [1.82, 2.24) is 0 Å². The van der Waals surface area contributed by atoms with Gasteiger partial charge in [0.15, 0.2) is 0 Å². The molecule has 1 rings (SSSR count). The molecule has 0 bridgehead atoms. The first-order chi connectivity index (χ1) is 3.89. The zero-order valence-corrected chi connectivity index (χ0v) is 5.02. The van der Waals surface area contributed by atoms with Crippen molar-refractivity contribution in [2.24, 2.45) is 0 Å². The maximum Gasteiger partial charge on any atom is 0.305 e. The van der Waals surface area contributed by atoms with Gasteiger partial charge >= 0.3 is 11.4 Å². The van der Waals surface area contributed by atoms with Crippen LogP contribution in [0.4, 0.5) is 0 Å². The summed E-state index contributed by atoms with van der Waals surface area (Å²) < 4.78 is 19.4. The standard InChI is InChI=1S/C4H6O3S/c5-8-6-3-1-2-4-7-8/h1-2H,3-4H2. The van der Waals surface area contributed by atoms with Crippen molar-refractivity contribution in [2.75, 3.05) is 13.2 Å². The lowest BCUT2D eigenvalue weighted by Crippen LogP contribution is -1.97. The lowest BCUT2D eigenvalue weighted by Gasteiger charge is -1.92. The fourth-order valence-electron chi connectivity index (χ4n) is 0.360. The van der Waals surface area contributed by atoms with E-state index in [2.05, 4.69) is 8.37 Å². The van der Waals surface area contributed by atoms with Gasteiger partial charge in [-0.2, -0.15) is 4.21 Å². The zero-order chi connectivity index (χ0) is 5.82. The van der Waals surface area contributed by atoms with E-state index in [9.17, 15) is 4.21 Å². The minimum atomic E-state index is -1.52. The largest absolute Gasteiger partial charge is 0.305 e. The highest BCUT2D eigenvalue weighted by atomic mass is 32.2. The molecule has 0 amide bonds. The summed E-state index contributed by atoms with van der Waals surface area (Å²) in [6.45, 7) is 0.763. The maximum atomic E-state index is 10.3. The lowest BCUT2D eigenvalue weighted by molar-refractivity contribution is 0.299. The fraction of sp³-hybridized carbons (Fsp3) is 0.500. The molecule has 46 valence electrons. The highest BCUT2D eigenvalue weighted by Gasteiger charge is 1.99. The van der Waals surface area contributed by atoms with Crippen LogP contribution in [-0.2, 0) is 19.7 Å². The quantitative estimate of drug-likeness (QED) is 0.443. The summed E-state index contributed by atoms with van der Waals surface area (Å²) in [6, 6.07) is 0. The molecule has 0 aromatic rings. The van der Waals surface area contributed by atoms with Gasteiger partial charge in [-0.15, -0.1) is 0 Å². The molecule has 0 saturated heterocycles. The van der Waals surface area contributed by atoms with Gasteiger partial charge in [-0.1, -0.05) is 12.2 Å². The summed E-state index contributed by atoms with van der Waals surface area (Å²) in [5.74, 6) is 0. The van der Waals surface area contributed by atoms with Crippen molar-refractivity contribution in [3.63, 3.8) is 0 Å². The molecule has 3 nitrogen and oxygen atoms in total. The molecule has 0 radical (unpaired) electrons. The predicted molar refractivity (Wildman–Crippen MR) is 29.2 cm³/mol. The van der Waals surface area contributed by atoms with E-state index in [1.54, 1.807) is 12.2 Å². The van der Waals surface area contributed by atoms with E-state index in [1.165, 1.54) is 0 Å². The molecule has 0 aliphatic carbocycles. The summed E-state index contributed by atoms with van der Waals surface area (Å²) in [7, 11) is 0. The Bertz CT molecular complexity index is 108. The number of rotatable bonds is 0. The Hall–Kier alpha value is -0.190. The Balaban J connectivity index is 2.39. The van der Waals surface area contributed by atoms with E-state index in [1.807, 2.05) is 0 Å². The zero-order valence-electron chi connectivity index (χ0n) is 4.20. The molecule has 0 aromatic heterocycles. The highest BCUT2D eigenvalue weighted by molar-refractivity contribution is 7.75. The molecule has 0 saturated carbocycles. The van der Waals surface area contributed by atoms with Crippen molar-refractivity contribution in [2.45, 2.75) is 0 Å². The molecule has 0 N–H and O–H groups in total. The van der Waals surface area contributed by atoms with Crippen LogP contribution in [0.15, 0.2) is 12.2 Å². The molecule has 0 unspecified atom stereocenters. The van der Waals surface area contributed by atoms with Crippen LogP contribution in [0.3, 0.4) is 0 Å². The lowest BCUT2D eigenvalue weighted by atomic mass is 10.5. The van der Waals surface area contributed by atoms with E-state index in [4.69, 9.17) is 0 Å². The highest BCUT2D eigenvalue weighted by Crippen LogP contribution is 1.94. The molecule has 1 aliphatic rings. The minimum absolute atomic E-state index is 0.382. The number of hydrogen-bond donors (Lipinski definition) is 0. The van der Waals surface area contributed by atoms with Gasteiger partial charge < -0.3 is 0 Å². The second-order valence-electron chi connectivity index (χ2n) is 1.24.